The van der Waals surface area contributed by atoms with Crippen LogP contribution in [0.1, 0.15) is 64.7 Å². The van der Waals surface area contributed by atoms with Crippen molar-refractivity contribution in [3.8, 4) is 0 Å². The Morgan fingerprint density at radius 3 is 2.36 bits per heavy atom. The highest BCUT2D eigenvalue weighted by molar-refractivity contribution is 6.28. The molecular formula is C30H37BO8. The normalized spacial score (nSPS) is 42.7. The predicted molar refractivity (Wildman–Crippen MR) is 142 cm³/mol. The second-order valence-corrected chi connectivity index (χ2v) is 12.6. The van der Waals surface area contributed by atoms with Crippen LogP contribution in [0.2, 0.25) is 5.82 Å². The number of aliphatic hydroxyl groups is 2. The summed E-state index contributed by atoms with van der Waals surface area (Å²) in [6.07, 6.45) is -3.13. The van der Waals surface area contributed by atoms with Crippen molar-refractivity contribution in [2.24, 2.45) is 22.7 Å². The van der Waals surface area contributed by atoms with Crippen molar-refractivity contribution in [3.05, 3.63) is 47.0 Å². The number of aliphatic hydroxyl groups excluding tert-OH is 1. The number of Topliss-reactive ketones (excluding diaryl/α,β-unsaturated/α-hetero) is 1. The van der Waals surface area contributed by atoms with E-state index < -0.39 is 69.8 Å². The Labute approximate surface area is 230 Å². The van der Waals surface area contributed by atoms with Crippen LogP contribution >= 0.6 is 0 Å². The smallest absolute Gasteiger partial charge is 0.338 e. The number of carbonyl (C=O) groups is 3. The first-order valence-electron chi connectivity index (χ1n) is 13.6. The van der Waals surface area contributed by atoms with Gasteiger partial charge in [0.1, 0.15) is 23.6 Å². The third-order valence-electron chi connectivity index (χ3n) is 10.4. The Balaban J connectivity index is 1.81. The zero-order valence-electron chi connectivity index (χ0n) is 23.4. The van der Waals surface area contributed by atoms with Crippen molar-refractivity contribution in [1.82, 2.24) is 0 Å². The number of benzene rings is 1. The van der Waals surface area contributed by atoms with Crippen molar-refractivity contribution in [3.63, 3.8) is 0 Å². The van der Waals surface area contributed by atoms with Gasteiger partial charge in [0.15, 0.2) is 5.60 Å². The summed E-state index contributed by atoms with van der Waals surface area (Å²) in [5, 5.41) is 24.4. The van der Waals surface area contributed by atoms with E-state index >= 15 is 0 Å². The number of hydrogen-bond acceptors (Lipinski definition) is 8. The van der Waals surface area contributed by atoms with Gasteiger partial charge in [0, 0.05) is 24.6 Å². The summed E-state index contributed by atoms with van der Waals surface area (Å²) >= 11 is 0. The fraction of sp³-hybridized carbons (Fsp3) is 0.633. The number of ether oxygens (including phenoxy) is 3. The molecule has 0 aromatic heterocycles. The average molecular weight is 536 g/mol. The van der Waals surface area contributed by atoms with E-state index in [0.717, 1.165) is 5.57 Å². The summed E-state index contributed by atoms with van der Waals surface area (Å²) in [5.41, 5.74) is -4.16. The summed E-state index contributed by atoms with van der Waals surface area (Å²) in [4.78, 5) is 40.6. The molecule has 2 N–H and O–H groups in total. The fourth-order valence-electron chi connectivity index (χ4n) is 8.04. The van der Waals surface area contributed by atoms with Gasteiger partial charge in [-0.1, -0.05) is 50.1 Å². The molecule has 2 saturated carbocycles. The Hall–Kier alpha value is -2.49. The van der Waals surface area contributed by atoms with E-state index in [1.54, 1.807) is 37.3 Å². The maximum atomic E-state index is 14.5. The lowest BCUT2D eigenvalue weighted by Crippen LogP contribution is -2.81. The molecule has 1 saturated heterocycles. The van der Waals surface area contributed by atoms with Crippen LogP contribution in [0.15, 0.2) is 41.5 Å². The van der Waals surface area contributed by atoms with Gasteiger partial charge in [0.05, 0.1) is 37.5 Å². The van der Waals surface area contributed by atoms with E-state index in [4.69, 9.17) is 22.1 Å². The highest BCUT2D eigenvalue weighted by Gasteiger charge is 2.77. The van der Waals surface area contributed by atoms with E-state index in [1.165, 1.54) is 6.92 Å². The SMILES string of the molecule is [B][C@H]1C(=O)[C@@]2(C)[C@H]([C@H](OC(=O)c3ccccc3)[C@]3(O)C[C@H](C)C(C)=C1C3(C)C)[C@]1(OC(C)=O)CO[C@@H]1C[C@@H]2O. The molecule has 1 heterocycles. The lowest BCUT2D eigenvalue weighted by atomic mass is 9.41. The standard InChI is InChI=1S/C30H37BO8/c1-15-13-30(36)25(38-26(35)18-10-8-7-9-11-18)23-28(6,24(34)22(31)21(16(15)2)27(30,4)5)19(33)12-20-29(23,14-37-20)39-17(3)32/h7-11,15,19-20,22-23,25,33,36H,12-14H2,1-6H3/t15-,19-,20+,22+,23-,25-,28+,29-,30+/m0/s1. The van der Waals surface area contributed by atoms with Gasteiger partial charge in [-0.2, -0.15) is 0 Å². The quantitative estimate of drug-likeness (QED) is 0.344. The van der Waals surface area contributed by atoms with Gasteiger partial charge in [-0.05, 0) is 38.3 Å². The van der Waals surface area contributed by atoms with Crippen molar-refractivity contribution in [1.29, 1.82) is 0 Å². The van der Waals surface area contributed by atoms with Crippen LogP contribution in [-0.4, -0.2) is 71.9 Å². The molecule has 2 bridgehead atoms. The molecule has 2 radical (unpaired) electrons. The van der Waals surface area contributed by atoms with E-state index in [1.807, 2.05) is 27.7 Å². The lowest BCUT2D eigenvalue weighted by molar-refractivity contribution is -0.344. The van der Waals surface area contributed by atoms with Crippen molar-refractivity contribution >= 4 is 25.6 Å². The second kappa shape index (κ2) is 9.01. The molecular weight excluding hydrogens is 499 g/mol. The number of esters is 2. The number of hydrogen-bond donors (Lipinski definition) is 2. The Bertz CT molecular complexity index is 1240. The van der Waals surface area contributed by atoms with Gasteiger partial charge in [0.25, 0.3) is 0 Å². The molecule has 9 atom stereocenters. The number of allylic oxidation sites excluding steroid dienone is 1. The Morgan fingerprint density at radius 1 is 1.15 bits per heavy atom. The first-order chi connectivity index (χ1) is 18.1. The van der Waals surface area contributed by atoms with E-state index in [9.17, 15) is 24.6 Å². The van der Waals surface area contributed by atoms with Gasteiger partial charge in [0.2, 0.25) is 0 Å². The van der Waals surface area contributed by atoms with Gasteiger partial charge >= 0.3 is 11.9 Å². The third kappa shape index (κ3) is 3.65. The van der Waals surface area contributed by atoms with Crippen LogP contribution in [0.4, 0.5) is 0 Å². The maximum absolute atomic E-state index is 14.5. The summed E-state index contributed by atoms with van der Waals surface area (Å²) in [6, 6.07) is 8.38. The van der Waals surface area contributed by atoms with E-state index in [0.29, 0.717) is 5.57 Å². The molecule has 1 aromatic carbocycles. The molecule has 3 aliphatic carbocycles. The minimum Gasteiger partial charge on any atom is -0.455 e. The molecule has 9 heteroatoms. The molecule has 5 rings (SSSR count). The van der Waals surface area contributed by atoms with Gasteiger partial charge in [-0.15, -0.1) is 0 Å². The number of fused-ring (bicyclic) bond motifs is 5. The Morgan fingerprint density at radius 2 is 1.79 bits per heavy atom. The minimum absolute atomic E-state index is 0.0222. The Kier molecular flexibility index (Phi) is 6.48. The van der Waals surface area contributed by atoms with Crippen LogP contribution in [0.5, 0.6) is 0 Å². The van der Waals surface area contributed by atoms with Crippen LogP contribution in [0.3, 0.4) is 0 Å². The fourth-order valence-corrected chi connectivity index (χ4v) is 8.04. The average Bonchev–Trinajstić information content (AvgIpc) is 2.87. The number of rotatable bonds is 3. The largest absolute Gasteiger partial charge is 0.455 e. The summed E-state index contributed by atoms with van der Waals surface area (Å²) < 4.78 is 18.1. The molecule has 8 nitrogen and oxygen atoms in total. The monoisotopic (exact) mass is 536 g/mol. The molecule has 0 amide bonds. The topological polar surface area (TPSA) is 119 Å². The second-order valence-electron chi connectivity index (χ2n) is 12.6. The van der Waals surface area contributed by atoms with Crippen molar-refractivity contribution < 1.29 is 38.8 Å². The molecule has 0 unspecified atom stereocenters. The van der Waals surface area contributed by atoms with Crippen LogP contribution in [0.25, 0.3) is 0 Å². The molecule has 1 aliphatic heterocycles. The number of ketones is 1. The predicted octanol–water partition coefficient (Wildman–Crippen LogP) is 2.95. The van der Waals surface area contributed by atoms with Crippen LogP contribution in [0, 0.1) is 22.7 Å². The van der Waals surface area contributed by atoms with Crippen LogP contribution in [-0.2, 0) is 23.8 Å². The molecule has 0 spiro atoms. The first-order valence-corrected chi connectivity index (χ1v) is 13.6. The zero-order chi connectivity index (χ0) is 28.7. The molecule has 3 fully saturated rings. The van der Waals surface area contributed by atoms with E-state index in [-0.39, 0.29) is 30.9 Å². The molecule has 208 valence electrons. The maximum Gasteiger partial charge on any atom is 0.338 e. The third-order valence-corrected chi connectivity index (χ3v) is 10.4. The van der Waals surface area contributed by atoms with Gasteiger partial charge in [-0.25, -0.2) is 4.79 Å². The van der Waals surface area contributed by atoms with Crippen molar-refractivity contribution in [2.45, 2.75) is 89.7 Å². The zero-order valence-corrected chi connectivity index (χ0v) is 23.4. The van der Waals surface area contributed by atoms with Crippen LogP contribution < -0.4 is 0 Å². The minimum atomic E-state index is -1.74. The molecule has 4 aliphatic rings. The molecule has 1 aromatic rings. The first kappa shape index (κ1) is 28.1. The summed E-state index contributed by atoms with van der Waals surface area (Å²) in [5.74, 6) is -4.20. The van der Waals surface area contributed by atoms with E-state index in [2.05, 4.69) is 0 Å². The summed E-state index contributed by atoms with van der Waals surface area (Å²) in [7, 11) is 6.74. The molecule has 39 heavy (non-hydrogen) atoms. The lowest BCUT2D eigenvalue weighted by Gasteiger charge is -2.67. The van der Waals surface area contributed by atoms with Gasteiger partial charge < -0.3 is 24.4 Å². The highest BCUT2D eigenvalue weighted by atomic mass is 16.6. The van der Waals surface area contributed by atoms with Crippen molar-refractivity contribution in [2.75, 3.05) is 6.61 Å². The van der Waals surface area contributed by atoms with Gasteiger partial charge in [-0.3, -0.25) is 9.59 Å². The number of carbonyl (C=O) groups excluding carboxylic acids is 3. The summed E-state index contributed by atoms with van der Waals surface area (Å²) in [6.45, 7) is 10.3. The highest BCUT2D eigenvalue weighted by Crippen LogP contribution is 2.65.